The van der Waals surface area contributed by atoms with E-state index >= 15 is 4.39 Å². The molecule has 170 valence electrons. The average molecular weight is 459 g/mol. The van der Waals surface area contributed by atoms with Crippen LogP contribution in [0.25, 0.3) is 0 Å². The molecule has 1 aromatic rings. The predicted octanol–water partition coefficient (Wildman–Crippen LogP) is 3.39. The summed E-state index contributed by atoms with van der Waals surface area (Å²) in [5, 5.41) is 4.03. The van der Waals surface area contributed by atoms with Gasteiger partial charge >= 0.3 is 6.09 Å². The number of nitrogens with one attached hydrogen (secondary N) is 2. The number of aliphatic imine (C=N–C) groups is 1. The number of carbonyl (C=O) groups excluding carboxylic acids is 1. The third-order valence-electron chi connectivity index (χ3n) is 5.95. The van der Waals surface area contributed by atoms with Crippen LogP contribution in [0.4, 0.5) is 23.8 Å². The van der Waals surface area contributed by atoms with E-state index in [0.29, 0.717) is 0 Å². The highest BCUT2D eigenvalue weighted by Gasteiger charge is 2.61. The molecule has 8 nitrogen and oxygen atoms in total. The van der Waals surface area contributed by atoms with Crippen LogP contribution in [-0.2, 0) is 20.0 Å². The number of amides is 1. The van der Waals surface area contributed by atoms with Gasteiger partial charge in [-0.05, 0) is 46.8 Å². The summed E-state index contributed by atoms with van der Waals surface area (Å²) in [6.45, 7) is 6.62. The second-order valence-electron chi connectivity index (χ2n) is 9.20. The van der Waals surface area contributed by atoms with Crippen molar-refractivity contribution < 1.29 is 26.9 Å². The molecule has 0 radical (unpaired) electrons. The number of amidine groups is 1. The summed E-state index contributed by atoms with van der Waals surface area (Å²) in [6, 6.07) is 2.45. The minimum absolute atomic E-state index is 0.0838. The van der Waals surface area contributed by atoms with Gasteiger partial charge in [0.05, 0.1) is 15.0 Å². The van der Waals surface area contributed by atoms with E-state index in [2.05, 4.69) is 25.0 Å². The van der Waals surface area contributed by atoms with Crippen LogP contribution in [0.3, 0.4) is 0 Å². The van der Waals surface area contributed by atoms with E-state index in [0.717, 1.165) is 6.07 Å². The van der Waals surface area contributed by atoms with Gasteiger partial charge in [-0.1, -0.05) is 0 Å². The second kappa shape index (κ2) is 6.33. The third kappa shape index (κ3) is 3.26. The largest absolute Gasteiger partial charge is 0.423 e. The van der Waals surface area contributed by atoms with Gasteiger partial charge < -0.3 is 10.1 Å². The van der Waals surface area contributed by atoms with Crippen molar-refractivity contribution in [1.29, 1.82) is 0 Å². The highest BCUT2D eigenvalue weighted by molar-refractivity contribution is 7.96. The van der Waals surface area contributed by atoms with Crippen molar-refractivity contribution in [2.75, 3.05) is 11.9 Å². The Hall–Kier alpha value is -2.37. The molecule has 0 aromatic carbocycles. The van der Waals surface area contributed by atoms with Crippen LogP contribution in [0, 0.1) is 5.82 Å². The standard InChI is InChI=1S/C19H24F3N5O3S/c1-16(2)14-25-15(28)30-17(3,4)26-12-7-6-10(20)13(24-12)18(5,27-14)11-8-19(21,22)9-23-31(11,16)29/h6-7,11H,8-9H2,1-5H3,(H,24,26)(H,25,27,28)/t11?,18-,31?/m0/s1. The van der Waals surface area contributed by atoms with E-state index in [4.69, 9.17) is 4.74 Å². The molecule has 4 heterocycles. The zero-order valence-electron chi connectivity index (χ0n) is 17.8. The molecule has 12 heteroatoms. The SMILES string of the molecule is CC1(C)Nc2ccc(F)c(n2)[C@@]2(C)N=C(NC(=O)O1)C(C)(C)S1(=O)=NCC(F)(F)CC21. The Morgan fingerprint density at radius 3 is 2.55 bits per heavy atom. The highest BCUT2D eigenvalue weighted by Crippen LogP contribution is 2.50. The summed E-state index contributed by atoms with van der Waals surface area (Å²) in [5.74, 6) is -3.97. The number of hydrogen-bond donors (Lipinski definition) is 2. The Balaban J connectivity index is 2.07. The number of halogens is 3. The molecule has 1 amide bonds. The van der Waals surface area contributed by atoms with Gasteiger partial charge in [-0.3, -0.25) is 10.3 Å². The predicted molar refractivity (Wildman–Crippen MR) is 109 cm³/mol. The third-order valence-corrected chi connectivity index (χ3v) is 9.52. The average Bonchev–Trinajstić information content (AvgIpc) is 2.63. The Bertz CT molecular complexity index is 1130. The van der Waals surface area contributed by atoms with Gasteiger partial charge in [0.25, 0.3) is 5.92 Å². The van der Waals surface area contributed by atoms with E-state index in [9.17, 15) is 17.8 Å². The van der Waals surface area contributed by atoms with E-state index in [-0.39, 0.29) is 17.3 Å². The van der Waals surface area contributed by atoms with Crippen molar-refractivity contribution >= 4 is 27.5 Å². The molecule has 0 saturated carbocycles. The Morgan fingerprint density at radius 2 is 1.87 bits per heavy atom. The van der Waals surface area contributed by atoms with Gasteiger partial charge in [0.2, 0.25) is 0 Å². The van der Waals surface area contributed by atoms with E-state index in [1.54, 1.807) is 13.8 Å². The van der Waals surface area contributed by atoms with Crippen molar-refractivity contribution in [3.8, 4) is 0 Å². The number of alkyl carbamates (subject to hydrolysis) is 1. The number of anilines is 1. The van der Waals surface area contributed by atoms with E-state index in [1.807, 2.05) is 0 Å². The number of aromatic nitrogens is 1. The lowest BCUT2D eigenvalue weighted by molar-refractivity contribution is -0.00691. The fourth-order valence-corrected chi connectivity index (χ4v) is 7.50. The minimum atomic E-state index is -3.46. The van der Waals surface area contributed by atoms with E-state index < -0.39 is 61.8 Å². The molecule has 2 unspecified atom stereocenters. The first-order chi connectivity index (χ1) is 14.1. The number of alkyl halides is 2. The number of fused-ring (bicyclic) bond motifs is 6. The molecule has 3 aliphatic heterocycles. The maximum absolute atomic E-state index is 15.0. The van der Waals surface area contributed by atoms with Crippen molar-refractivity contribution in [3.05, 3.63) is 23.6 Å². The number of pyridine rings is 1. The number of hydrogen-bond acceptors (Lipinski definition) is 7. The van der Waals surface area contributed by atoms with E-state index in [1.165, 1.54) is 26.8 Å². The summed E-state index contributed by atoms with van der Waals surface area (Å²) in [4.78, 5) is 21.4. The molecule has 4 bridgehead atoms. The summed E-state index contributed by atoms with van der Waals surface area (Å²) in [5.41, 5.74) is -3.29. The van der Waals surface area contributed by atoms with Gasteiger partial charge in [0.15, 0.2) is 5.72 Å². The van der Waals surface area contributed by atoms with Gasteiger partial charge in [0, 0.05) is 6.42 Å². The van der Waals surface area contributed by atoms with Crippen LogP contribution in [0.5, 0.6) is 0 Å². The first-order valence-electron chi connectivity index (χ1n) is 9.74. The number of ether oxygens (including phenoxy) is 1. The maximum Gasteiger partial charge on any atom is 0.414 e. The Morgan fingerprint density at radius 1 is 1.19 bits per heavy atom. The van der Waals surface area contributed by atoms with Crippen LogP contribution in [-0.4, -0.2) is 49.3 Å². The molecule has 1 aromatic heterocycles. The van der Waals surface area contributed by atoms with Gasteiger partial charge in [-0.2, -0.15) is 0 Å². The van der Waals surface area contributed by atoms with Crippen molar-refractivity contribution in [2.45, 2.75) is 68.2 Å². The highest BCUT2D eigenvalue weighted by atomic mass is 32.2. The summed E-state index contributed by atoms with van der Waals surface area (Å²) < 4.78 is 66.0. The van der Waals surface area contributed by atoms with Gasteiger partial charge in [0.1, 0.15) is 40.0 Å². The molecular formula is C19H24F3N5O3S. The Labute approximate surface area is 178 Å². The first kappa shape index (κ1) is 21.8. The number of rotatable bonds is 0. The maximum atomic E-state index is 15.0. The zero-order chi connectivity index (χ0) is 23.0. The summed E-state index contributed by atoms with van der Waals surface area (Å²) in [6.07, 6.45) is -1.70. The Kier molecular flexibility index (Phi) is 4.46. The van der Waals surface area contributed by atoms with Crippen LogP contribution in [0.15, 0.2) is 21.5 Å². The van der Waals surface area contributed by atoms with Gasteiger partial charge in [-0.15, -0.1) is 0 Å². The molecule has 0 spiro atoms. The zero-order valence-corrected chi connectivity index (χ0v) is 18.6. The lowest BCUT2D eigenvalue weighted by atomic mass is 9.88. The second-order valence-corrected chi connectivity index (χ2v) is 12.2. The number of carbonyl (C=O) groups is 1. The monoisotopic (exact) mass is 459 g/mol. The number of nitrogens with zero attached hydrogens (tertiary/aromatic N) is 3. The molecule has 0 saturated heterocycles. The normalized spacial score (nSPS) is 35.0. The molecule has 0 fully saturated rings. The van der Waals surface area contributed by atoms with Crippen LogP contribution < -0.4 is 10.6 Å². The van der Waals surface area contributed by atoms with Crippen LogP contribution in [0.2, 0.25) is 0 Å². The quantitative estimate of drug-likeness (QED) is 0.619. The fourth-order valence-electron chi connectivity index (χ4n) is 4.27. The molecule has 2 N–H and O–H groups in total. The lowest BCUT2D eigenvalue weighted by Gasteiger charge is -2.49. The van der Waals surface area contributed by atoms with Crippen LogP contribution in [0.1, 0.15) is 46.7 Å². The number of cyclic esters (lactones) is 1. The van der Waals surface area contributed by atoms with Crippen molar-refractivity contribution in [2.24, 2.45) is 9.36 Å². The lowest BCUT2D eigenvalue weighted by Crippen LogP contribution is -2.64. The van der Waals surface area contributed by atoms with Crippen LogP contribution >= 0.6 is 0 Å². The first-order valence-corrected chi connectivity index (χ1v) is 11.3. The summed E-state index contributed by atoms with van der Waals surface area (Å²) >= 11 is 0. The molecule has 4 rings (SSSR count). The van der Waals surface area contributed by atoms with Crippen molar-refractivity contribution in [3.63, 3.8) is 0 Å². The molecule has 0 aliphatic carbocycles. The smallest absolute Gasteiger partial charge is 0.414 e. The molecule has 3 atom stereocenters. The molecule has 3 aliphatic rings. The topological polar surface area (TPSA) is 105 Å². The molecular weight excluding hydrogens is 435 g/mol. The van der Waals surface area contributed by atoms with Gasteiger partial charge in [-0.25, -0.2) is 31.5 Å². The fraction of sp³-hybridized carbons (Fsp3) is 0.632. The van der Waals surface area contributed by atoms with Crippen molar-refractivity contribution in [1.82, 2.24) is 10.3 Å². The summed E-state index contributed by atoms with van der Waals surface area (Å²) in [7, 11) is -3.46. The molecule has 31 heavy (non-hydrogen) atoms. The minimum Gasteiger partial charge on any atom is -0.423 e.